The molecule has 1 saturated heterocycles. The molecule has 82 valence electrons. The van der Waals surface area contributed by atoms with Gasteiger partial charge in [-0.2, -0.15) is 0 Å². The van der Waals surface area contributed by atoms with E-state index < -0.39 is 0 Å². The van der Waals surface area contributed by atoms with Crippen LogP contribution >= 0.6 is 15.9 Å². The Morgan fingerprint density at radius 3 is 3.00 bits per heavy atom. The lowest BCUT2D eigenvalue weighted by atomic mass is 10.1. The zero-order valence-corrected chi connectivity index (χ0v) is 10.4. The molecule has 3 nitrogen and oxygen atoms in total. The van der Waals surface area contributed by atoms with E-state index >= 15 is 0 Å². The monoisotopic (exact) mass is 269 g/mol. The summed E-state index contributed by atoms with van der Waals surface area (Å²) in [4.78, 5) is 6.83. The SMILES string of the molecule is CCN1CCC(N)C1c1ccc(Br)cn1. The first-order chi connectivity index (χ1) is 7.22. The Hall–Kier alpha value is -0.450. The molecule has 0 amide bonds. The Balaban J connectivity index is 2.24. The average molecular weight is 270 g/mol. The molecule has 0 aliphatic carbocycles. The van der Waals surface area contributed by atoms with Crippen molar-refractivity contribution in [1.82, 2.24) is 9.88 Å². The lowest BCUT2D eigenvalue weighted by Crippen LogP contribution is -2.32. The number of likely N-dealkylation sites (tertiary alicyclic amines) is 1. The van der Waals surface area contributed by atoms with Gasteiger partial charge in [0.2, 0.25) is 0 Å². The Bertz CT molecular complexity index is 325. The van der Waals surface area contributed by atoms with Crippen molar-refractivity contribution >= 4 is 15.9 Å². The predicted octanol–water partition coefficient (Wildman–Crippen LogP) is 1.94. The number of hydrogen-bond acceptors (Lipinski definition) is 3. The molecule has 2 heterocycles. The topological polar surface area (TPSA) is 42.1 Å². The molecule has 1 fully saturated rings. The summed E-state index contributed by atoms with van der Waals surface area (Å²) in [6.45, 7) is 4.29. The number of hydrogen-bond donors (Lipinski definition) is 1. The zero-order valence-electron chi connectivity index (χ0n) is 8.86. The maximum atomic E-state index is 6.12. The maximum Gasteiger partial charge on any atom is 0.0674 e. The van der Waals surface area contributed by atoms with Crippen molar-refractivity contribution in [3.8, 4) is 0 Å². The van der Waals surface area contributed by atoms with E-state index in [9.17, 15) is 0 Å². The quantitative estimate of drug-likeness (QED) is 0.893. The van der Waals surface area contributed by atoms with Crippen molar-refractivity contribution in [3.05, 3.63) is 28.5 Å². The van der Waals surface area contributed by atoms with E-state index in [0.717, 1.165) is 29.7 Å². The van der Waals surface area contributed by atoms with Gasteiger partial charge in [-0.15, -0.1) is 0 Å². The van der Waals surface area contributed by atoms with Crippen LogP contribution in [0.15, 0.2) is 22.8 Å². The van der Waals surface area contributed by atoms with Gasteiger partial charge in [0.15, 0.2) is 0 Å². The van der Waals surface area contributed by atoms with Crippen molar-refractivity contribution in [2.24, 2.45) is 5.73 Å². The number of likely N-dealkylation sites (N-methyl/N-ethyl adjacent to an activating group) is 1. The van der Waals surface area contributed by atoms with Crippen LogP contribution < -0.4 is 5.73 Å². The number of halogens is 1. The maximum absolute atomic E-state index is 6.12. The molecule has 15 heavy (non-hydrogen) atoms. The van der Waals surface area contributed by atoms with Gasteiger partial charge >= 0.3 is 0 Å². The van der Waals surface area contributed by atoms with E-state index in [0.29, 0.717) is 6.04 Å². The molecule has 0 radical (unpaired) electrons. The average Bonchev–Trinajstić information content (AvgIpc) is 2.61. The molecule has 1 aliphatic rings. The largest absolute Gasteiger partial charge is 0.326 e. The van der Waals surface area contributed by atoms with Gasteiger partial charge in [-0.25, -0.2) is 0 Å². The summed E-state index contributed by atoms with van der Waals surface area (Å²) in [5, 5.41) is 0. The first-order valence-corrected chi connectivity index (χ1v) is 6.12. The van der Waals surface area contributed by atoms with E-state index in [1.54, 1.807) is 0 Å². The third-order valence-corrected chi connectivity index (χ3v) is 3.48. The van der Waals surface area contributed by atoms with Gasteiger partial charge in [0.05, 0.1) is 11.7 Å². The van der Waals surface area contributed by atoms with Gasteiger partial charge in [0, 0.05) is 23.3 Å². The minimum Gasteiger partial charge on any atom is -0.326 e. The summed E-state index contributed by atoms with van der Waals surface area (Å²) in [6, 6.07) is 4.60. The van der Waals surface area contributed by atoms with Gasteiger partial charge in [0.25, 0.3) is 0 Å². The molecule has 0 saturated carbocycles. The van der Waals surface area contributed by atoms with Crippen LogP contribution in [0.4, 0.5) is 0 Å². The minimum absolute atomic E-state index is 0.221. The van der Waals surface area contributed by atoms with Crippen molar-refractivity contribution in [2.45, 2.75) is 25.4 Å². The summed E-state index contributed by atoms with van der Waals surface area (Å²) >= 11 is 3.39. The van der Waals surface area contributed by atoms with Crippen molar-refractivity contribution < 1.29 is 0 Å². The van der Waals surface area contributed by atoms with Crippen LogP contribution in [-0.2, 0) is 0 Å². The summed E-state index contributed by atoms with van der Waals surface area (Å²) in [6.07, 6.45) is 2.91. The van der Waals surface area contributed by atoms with Crippen molar-refractivity contribution in [3.63, 3.8) is 0 Å². The van der Waals surface area contributed by atoms with Crippen LogP contribution in [0.25, 0.3) is 0 Å². The molecule has 1 aliphatic heterocycles. The molecule has 4 heteroatoms. The lowest BCUT2D eigenvalue weighted by molar-refractivity contribution is 0.256. The molecule has 1 aromatic heterocycles. The number of rotatable bonds is 2. The molecule has 2 rings (SSSR count). The third kappa shape index (κ3) is 2.22. The first-order valence-electron chi connectivity index (χ1n) is 5.33. The zero-order chi connectivity index (χ0) is 10.8. The number of aromatic nitrogens is 1. The second-order valence-electron chi connectivity index (χ2n) is 3.93. The number of pyridine rings is 1. The Morgan fingerprint density at radius 2 is 2.40 bits per heavy atom. The summed E-state index contributed by atoms with van der Waals surface area (Å²) < 4.78 is 1.01. The van der Waals surface area contributed by atoms with E-state index in [2.05, 4.69) is 38.8 Å². The number of nitrogens with zero attached hydrogens (tertiary/aromatic N) is 2. The molecular formula is C11H16BrN3. The van der Waals surface area contributed by atoms with Gasteiger partial charge in [0.1, 0.15) is 0 Å². The first kappa shape index (κ1) is 11.0. The highest BCUT2D eigenvalue weighted by molar-refractivity contribution is 9.10. The van der Waals surface area contributed by atoms with E-state index in [-0.39, 0.29) is 6.04 Å². The van der Waals surface area contributed by atoms with Crippen molar-refractivity contribution in [2.75, 3.05) is 13.1 Å². The smallest absolute Gasteiger partial charge is 0.0674 e. The molecule has 2 unspecified atom stereocenters. The Morgan fingerprint density at radius 1 is 1.60 bits per heavy atom. The van der Waals surface area contributed by atoms with Gasteiger partial charge in [-0.1, -0.05) is 6.92 Å². The van der Waals surface area contributed by atoms with Crippen LogP contribution in [-0.4, -0.2) is 29.0 Å². The van der Waals surface area contributed by atoms with Crippen molar-refractivity contribution in [1.29, 1.82) is 0 Å². The van der Waals surface area contributed by atoms with Crippen LogP contribution in [0.2, 0.25) is 0 Å². The Labute approximate surface area is 98.8 Å². The molecule has 0 aromatic carbocycles. The highest BCUT2D eigenvalue weighted by Gasteiger charge is 2.32. The normalized spacial score (nSPS) is 27.1. The standard InChI is InChI=1S/C11H16BrN3/c1-2-15-6-5-9(13)11(15)10-4-3-8(12)7-14-10/h3-4,7,9,11H,2,5-6,13H2,1H3. The Kier molecular flexibility index (Phi) is 3.38. The summed E-state index contributed by atoms with van der Waals surface area (Å²) in [5.74, 6) is 0. The molecule has 0 spiro atoms. The minimum atomic E-state index is 0.221. The highest BCUT2D eigenvalue weighted by Crippen LogP contribution is 2.29. The van der Waals surface area contributed by atoms with Crippen LogP contribution in [0.5, 0.6) is 0 Å². The fourth-order valence-electron chi connectivity index (χ4n) is 2.21. The second-order valence-corrected chi connectivity index (χ2v) is 4.84. The van der Waals surface area contributed by atoms with Crippen LogP contribution in [0.3, 0.4) is 0 Å². The summed E-state index contributed by atoms with van der Waals surface area (Å²) in [7, 11) is 0. The van der Waals surface area contributed by atoms with Gasteiger partial charge in [-0.3, -0.25) is 9.88 Å². The number of nitrogens with two attached hydrogens (primary N) is 1. The second kappa shape index (κ2) is 4.60. The lowest BCUT2D eigenvalue weighted by Gasteiger charge is -2.24. The predicted molar refractivity (Wildman–Crippen MR) is 64.5 cm³/mol. The molecule has 0 bridgehead atoms. The molecule has 2 atom stereocenters. The van der Waals surface area contributed by atoms with Crippen LogP contribution in [0.1, 0.15) is 25.1 Å². The third-order valence-electron chi connectivity index (χ3n) is 3.01. The fraction of sp³-hybridized carbons (Fsp3) is 0.545. The van der Waals surface area contributed by atoms with Gasteiger partial charge < -0.3 is 5.73 Å². The molecule has 1 aromatic rings. The van der Waals surface area contributed by atoms with E-state index in [4.69, 9.17) is 5.73 Å². The fourth-order valence-corrected chi connectivity index (χ4v) is 2.44. The molecule has 2 N–H and O–H groups in total. The van der Waals surface area contributed by atoms with E-state index in [1.807, 2.05) is 12.3 Å². The van der Waals surface area contributed by atoms with Gasteiger partial charge in [-0.05, 0) is 41.0 Å². The molecular weight excluding hydrogens is 254 g/mol. The summed E-state index contributed by atoms with van der Waals surface area (Å²) in [5.41, 5.74) is 7.21. The highest BCUT2D eigenvalue weighted by atomic mass is 79.9. The van der Waals surface area contributed by atoms with E-state index in [1.165, 1.54) is 0 Å². The van der Waals surface area contributed by atoms with Crippen LogP contribution in [0, 0.1) is 0 Å².